The minimum atomic E-state index is -2.88. The summed E-state index contributed by atoms with van der Waals surface area (Å²) in [6.45, 7) is 1.10. The molecule has 0 amide bonds. The van der Waals surface area contributed by atoms with Gasteiger partial charge in [0, 0.05) is 13.2 Å². The van der Waals surface area contributed by atoms with Crippen LogP contribution in [0.4, 0.5) is 0 Å². The molecule has 20 heavy (non-hydrogen) atoms. The largest absolute Gasteiger partial charge is 0.383 e. The maximum absolute atomic E-state index is 11.5. The van der Waals surface area contributed by atoms with Crippen molar-refractivity contribution in [1.82, 2.24) is 9.78 Å². The monoisotopic (exact) mass is 321 g/mol. The van der Waals surface area contributed by atoms with E-state index in [0.29, 0.717) is 31.0 Å². The molecule has 0 saturated carbocycles. The van der Waals surface area contributed by atoms with Crippen molar-refractivity contribution >= 4 is 21.4 Å². The highest BCUT2D eigenvalue weighted by Crippen LogP contribution is 2.30. The number of hydrogen-bond acceptors (Lipinski definition) is 5. The molecule has 2 N–H and O–H groups in total. The van der Waals surface area contributed by atoms with Crippen LogP contribution in [0, 0.1) is 5.92 Å². The Bertz CT molecular complexity index is 558. The van der Waals surface area contributed by atoms with E-state index in [-0.39, 0.29) is 23.5 Å². The van der Waals surface area contributed by atoms with Crippen molar-refractivity contribution in [3.63, 3.8) is 0 Å². The highest BCUT2D eigenvalue weighted by Gasteiger charge is 2.30. The zero-order valence-electron chi connectivity index (χ0n) is 11.5. The fourth-order valence-electron chi connectivity index (χ4n) is 2.63. The molecule has 0 spiro atoms. The minimum Gasteiger partial charge on any atom is -0.383 e. The third-order valence-corrected chi connectivity index (χ3v) is 5.73. The summed E-state index contributed by atoms with van der Waals surface area (Å²) in [5.41, 5.74) is 6.96. The molecule has 2 rings (SSSR count). The number of nitrogens with two attached hydrogens (primary N) is 1. The van der Waals surface area contributed by atoms with E-state index in [1.54, 1.807) is 18.0 Å². The van der Waals surface area contributed by atoms with Crippen LogP contribution in [-0.2, 0) is 21.1 Å². The fraction of sp³-hybridized carbons (Fsp3) is 0.750. The van der Waals surface area contributed by atoms with Crippen molar-refractivity contribution < 1.29 is 13.2 Å². The summed E-state index contributed by atoms with van der Waals surface area (Å²) in [5, 5.41) is 4.71. The average Bonchev–Trinajstić information content (AvgIpc) is 2.89. The van der Waals surface area contributed by atoms with E-state index < -0.39 is 9.84 Å². The van der Waals surface area contributed by atoms with Crippen molar-refractivity contribution in [3.05, 3.63) is 16.9 Å². The standard InChI is InChI=1S/C12H20ClN3O3S/c1-19-4-3-16-12(10(13)7-15-16)11(14)6-9-2-5-20(17,18)8-9/h7,9,11H,2-6,8,14H2,1H3. The van der Waals surface area contributed by atoms with Crippen LogP contribution in [0.5, 0.6) is 0 Å². The first-order valence-electron chi connectivity index (χ1n) is 6.59. The number of rotatable bonds is 6. The lowest BCUT2D eigenvalue weighted by Crippen LogP contribution is -2.21. The Morgan fingerprint density at radius 2 is 2.40 bits per heavy atom. The third kappa shape index (κ3) is 3.72. The SMILES string of the molecule is COCCn1ncc(Cl)c1C(N)CC1CCS(=O)(=O)C1. The first-order valence-corrected chi connectivity index (χ1v) is 8.79. The van der Waals surface area contributed by atoms with Crippen LogP contribution in [0.15, 0.2) is 6.20 Å². The molecule has 0 aliphatic carbocycles. The van der Waals surface area contributed by atoms with Gasteiger partial charge in [-0.3, -0.25) is 4.68 Å². The molecule has 2 unspecified atom stereocenters. The first-order chi connectivity index (χ1) is 9.43. The van der Waals surface area contributed by atoms with E-state index >= 15 is 0 Å². The number of sulfone groups is 1. The molecular weight excluding hydrogens is 302 g/mol. The van der Waals surface area contributed by atoms with E-state index in [4.69, 9.17) is 22.1 Å². The Hall–Kier alpha value is -0.630. The van der Waals surface area contributed by atoms with Crippen LogP contribution in [-0.4, -0.2) is 43.4 Å². The van der Waals surface area contributed by atoms with Gasteiger partial charge >= 0.3 is 0 Å². The number of ether oxygens (including phenoxy) is 1. The van der Waals surface area contributed by atoms with Crippen molar-refractivity contribution in [3.8, 4) is 0 Å². The van der Waals surface area contributed by atoms with Crippen molar-refractivity contribution in [2.45, 2.75) is 25.4 Å². The Morgan fingerprint density at radius 3 is 3.00 bits per heavy atom. The van der Waals surface area contributed by atoms with E-state index in [1.165, 1.54) is 0 Å². The lowest BCUT2D eigenvalue weighted by Gasteiger charge is -2.17. The van der Waals surface area contributed by atoms with Gasteiger partial charge in [-0.1, -0.05) is 11.6 Å². The van der Waals surface area contributed by atoms with Crippen LogP contribution in [0.25, 0.3) is 0 Å². The zero-order chi connectivity index (χ0) is 14.8. The molecule has 2 atom stereocenters. The Labute approximate surface area is 124 Å². The second-order valence-corrected chi connectivity index (χ2v) is 7.84. The van der Waals surface area contributed by atoms with Gasteiger partial charge in [-0.05, 0) is 18.8 Å². The number of aromatic nitrogens is 2. The van der Waals surface area contributed by atoms with E-state index in [2.05, 4.69) is 5.10 Å². The van der Waals surface area contributed by atoms with Gasteiger partial charge in [-0.2, -0.15) is 5.10 Å². The average molecular weight is 322 g/mol. The molecule has 8 heteroatoms. The van der Waals surface area contributed by atoms with Gasteiger partial charge in [0.15, 0.2) is 9.84 Å². The summed E-state index contributed by atoms with van der Waals surface area (Å²) in [6.07, 6.45) is 2.86. The molecule has 114 valence electrons. The molecular formula is C12H20ClN3O3S. The summed E-state index contributed by atoms with van der Waals surface area (Å²) < 4.78 is 29.7. The van der Waals surface area contributed by atoms with E-state index in [0.717, 1.165) is 5.69 Å². The minimum absolute atomic E-state index is 0.108. The van der Waals surface area contributed by atoms with E-state index in [9.17, 15) is 8.42 Å². The van der Waals surface area contributed by atoms with Gasteiger partial charge in [0.2, 0.25) is 0 Å². The smallest absolute Gasteiger partial charge is 0.150 e. The van der Waals surface area contributed by atoms with Crippen LogP contribution in [0.2, 0.25) is 5.02 Å². The van der Waals surface area contributed by atoms with Crippen LogP contribution in [0.3, 0.4) is 0 Å². The molecule has 1 fully saturated rings. The van der Waals surface area contributed by atoms with Crippen LogP contribution < -0.4 is 5.73 Å². The summed E-state index contributed by atoms with van der Waals surface area (Å²) in [7, 11) is -1.26. The molecule has 2 heterocycles. The fourth-order valence-corrected chi connectivity index (χ4v) is 4.79. The molecule has 1 aliphatic rings. The molecule has 1 aromatic rings. The Morgan fingerprint density at radius 1 is 1.65 bits per heavy atom. The highest BCUT2D eigenvalue weighted by molar-refractivity contribution is 7.91. The van der Waals surface area contributed by atoms with E-state index in [1.807, 2.05) is 0 Å². The second-order valence-electron chi connectivity index (χ2n) is 5.20. The highest BCUT2D eigenvalue weighted by atomic mass is 35.5. The zero-order valence-corrected chi connectivity index (χ0v) is 13.0. The second kappa shape index (κ2) is 6.43. The summed E-state index contributed by atoms with van der Waals surface area (Å²) in [4.78, 5) is 0. The van der Waals surface area contributed by atoms with Gasteiger partial charge in [0.05, 0.1) is 41.6 Å². The Kier molecular flexibility index (Phi) is 5.06. The summed E-state index contributed by atoms with van der Waals surface area (Å²) in [5.74, 6) is 0.600. The molecule has 1 saturated heterocycles. The lowest BCUT2D eigenvalue weighted by atomic mass is 9.98. The van der Waals surface area contributed by atoms with Crippen LogP contribution in [0.1, 0.15) is 24.6 Å². The van der Waals surface area contributed by atoms with Crippen molar-refractivity contribution in [1.29, 1.82) is 0 Å². The number of nitrogens with zero attached hydrogens (tertiary/aromatic N) is 2. The quantitative estimate of drug-likeness (QED) is 0.844. The molecule has 1 aliphatic heterocycles. The predicted octanol–water partition coefficient (Wildman–Crippen LogP) is 1.01. The van der Waals surface area contributed by atoms with Gasteiger partial charge in [0.1, 0.15) is 0 Å². The maximum Gasteiger partial charge on any atom is 0.150 e. The normalized spacial score (nSPS) is 23.1. The number of methoxy groups -OCH3 is 1. The molecule has 1 aromatic heterocycles. The van der Waals surface area contributed by atoms with Gasteiger partial charge in [0.25, 0.3) is 0 Å². The molecule has 0 bridgehead atoms. The van der Waals surface area contributed by atoms with Crippen molar-refractivity contribution in [2.75, 3.05) is 25.2 Å². The Balaban J connectivity index is 2.05. The van der Waals surface area contributed by atoms with Crippen molar-refractivity contribution in [2.24, 2.45) is 11.7 Å². The summed E-state index contributed by atoms with van der Waals surface area (Å²) >= 11 is 6.14. The third-order valence-electron chi connectivity index (χ3n) is 3.61. The summed E-state index contributed by atoms with van der Waals surface area (Å²) in [6, 6.07) is -0.305. The number of halogens is 1. The molecule has 6 nitrogen and oxygen atoms in total. The van der Waals surface area contributed by atoms with Crippen LogP contribution >= 0.6 is 11.6 Å². The van der Waals surface area contributed by atoms with Gasteiger partial charge in [-0.15, -0.1) is 0 Å². The molecule has 0 aromatic carbocycles. The molecule has 0 radical (unpaired) electrons. The van der Waals surface area contributed by atoms with Gasteiger partial charge < -0.3 is 10.5 Å². The topological polar surface area (TPSA) is 87.2 Å². The van der Waals surface area contributed by atoms with Gasteiger partial charge in [-0.25, -0.2) is 8.42 Å². The number of hydrogen-bond donors (Lipinski definition) is 1. The lowest BCUT2D eigenvalue weighted by molar-refractivity contribution is 0.181. The first kappa shape index (κ1) is 15.8. The maximum atomic E-state index is 11.5. The predicted molar refractivity (Wildman–Crippen MR) is 77.4 cm³/mol.